The quantitative estimate of drug-likeness (QED) is 0.749. The molecule has 25 heavy (non-hydrogen) atoms. The van der Waals surface area contributed by atoms with Gasteiger partial charge in [0.2, 0.25) is 0 Å². The fraction of sp³-hybridized carbons (Fsp3) is 0.100. The van der Waals surface area contributed by atoms with Crippen molar-refractivity contribution >= 4 is 5.91 Å². The number of hydrogen-bond donors (Lipinski definition) is 1. The van der Waals surface area contributed by atoms with Crippen molar-refractivity contribution in [3.63, 3.8) is 0 Å². The molecule has 1 N–H and O–H groups in total. The van der Waals surface area contributed by atoms with Crippen LogP contribution in [-0.4, -0.2) is 17.5 Å². The zero-order chi connectivity index (χ0) is 17.5. The molecule has 3 aromatic rings. The maximum absolute atomic E-state index is 12.9. The van der Waals surface area contributed by atoms with Crippen molar-refractivity contribution in [2.45, 2.75) is 6.04 Å². The number of halogens is 1. The fourth-order valence-electron chi connectivity index (χ4n) is 2.44. The number of carbonyl (C=O) groups is 1. The Labute approximate surface area is 145 Å². The first-order valence-electron chi connectivity index (χ1n) is 7.85. The molecule has 0 bridgehead atoms. The summed E-state index contributed by atoms with van der Waals surface area (Å²) in [7, 11) is 0. The second-order valence-electron chi connectivity index (χ2n) is 5.43. The molecule has 3 rings (SSSR count). The molecule has 0 spiro atoms. The number of nitrogens with zero attached hydrogens (tertiary/aromatic N) is 1. The summed E-state index contributed by atoms with van der Waals surface area (Å²) in [6.07, 6.45) is 3.37. The Kier molecular flexibility index (Phi) is 5.36. The van der Waals surface area contributed by atoms with Crippen LogP contribution >= 0.6 is 0 Å². The number of hydrogen-bond acceptors (Lipinski definition) is 3. The third-order valence-corrected chi connectivity index (χ3v) is 3.66. The number of nitrogens with one attached hydrogen (secondary N) is 1. The predicted molar refractivity (Wildman–Crippen MR) is 92.6 cm³/mol. The minimum atomic E-state index is -0.348. The maximum Gasteiger partial charge on any atom is 0.258 e. The Hall–Kier alpha value is -3.21. The second-order valence-corrected chi connectivity index (χ2v) is 5.43. The van der Waals surface area contributed by atoms with E-state index in [1.165, 1.54) is 24.3 Å². The summed E-state index contributed by atoms with van der Waals surface area (Å²) in [6.45, 7) is -0.153. The van der Waals surface area contributed by atoms with E-state index in [4.69, 9.17) is 4.74 Å². The molecule has 1 unspecified atom stereocenters. The van der Waals surface area contributed by atoms with Gasteiger partial charge in [-0.25, -0.2) is 4.39 Å². The average Bonchev–Trinajstić information content (AvgIpc) is 2.67. The fourth-order valence-corrected chi connectivity index (χ4v) is 2.44. The molecule has 4 nitrogen and oxygen atoms in total. The molecular weight excluding hydrogens is 319 g/mol. The van der Waals surface area contributed by atoms with E-state index in [2.05, 4.69) is 10.3 Å². The van der Waals surface area contributed by atoms with E-state index >= 15 is 0 Å². The molecule has 0 saturated carbocycles. The van der Waals surface area contributed by atoms with Crippen molar-refractivity contribution in [1.82, 2.24) is 10.3 Å². The maximum atomic E-state index is 12.9. The van der Waals surface area contributed by atoms with Gasteiger partial charge in [0.05, 0.1) is 6.04 Å². The molecule has 1 atom stereocenters. The lowest BCUT2D eigenvalue weighted by Crippen LogP contribution is -2.33. The summed E-state index contributed by atoms with van der Waals surface area (Å²) in [5.74, 6) is -0.176. The van der Waals surface area contributed by atoms with Crippen molar-refractivity contribution in [2.75, 3.05) is 6.61 Å². The lowest BCUT2D eigenvalue weighted by Gasteiger charge is -2.20. The summed E-state index contributed by atoms with van der Waals surface area (Å²) in [5.41, 5.74) is 1.89. The highest BCUT2D eigenvalue weighted by Crippen LogP contribution is 2.21. The number of benzene rings is 2. The van der Waals surface area contributed by atoms with Crippen molar-refractivity contribution < 1.29 is 13.9 Å². The first-order valence-corrected chi connectivity index (χ1v) is 7.85. The molecule has 0 aliphatic heterocycles. The molecule has 0 saturated heterocycles. The first kappa shape index (κ1) is 16.6. The highest BCUT2D eigenvalue weighted by Gasteiger charge is 2.17. The van der Waals surface area contributed by atoms with Crippen LogP contribution in [0.4, 0.5) is 4.39 Å². The number of carbonyl (C=O) groups excluding carboxylic acids is 1. The summed E-state index contributed by atoms with van der Waals surface area (Å²) >= 11 is 0. The van der Waals surface area contributed by atoms with Gasteiger partial charge in [-0.2, -0.15) is 0 Å². The van der Waals surface area contributed by atoms with Gasteiger partial charge in [-0.3, -0.25) is 9.78 Å². The van der Waals surface area contributed by atoms with E-state index < -0.39 is 0 Å². The molecule has 5 heteroatoms. The van der Waals surface area contributed by atoms with Crippen LogP contribution in [0.1, 0.15) is 17.2 Å². The van der Waals surface area contributed by atoms with Crippen LogP contribution in [0.3, 0.4) is 0 Å². The van der Waals surface area contributed by atoms with Gasteiger partial charge < -0.3 is 10.1 Å². The number of rotatable bonds is 6. The summed E-state index contributed by atoms with van der Waals surface area (Å²) < 4.78 is 18.3. The van der Waals surface area contributed by atoms with Gasteiger partial charge in [-0.1, -0.05) is 30.3 Å². The molecule has 1 amide bonds. The van der Waals surface area contributed by atoms with Gasteiger partial charge in [-0.05, 0) is 47.5 Å². The summed E-state index contributed by atoms with van der Waals surface area (Å²) in [4.78, 5) is 16.3. The second kappa shape index (κ2) is 8.06. The Balaban J connectivity index is 1.69. The highest BCUT2D eigenvalue weighted by molar-refractivity contribution is 5.78. The molecule has 1 heterocycles. The number of ether oxygens (including phenoxy) is 1. The van der Waals surface area contributed by atoms with E-state index in [1.54, 1.807) is 12.4 Å². The van der Waals surface area contributed by atoms with Crippen LogP contribution in [0.25, 0.3) is 0 Å². The minimum Gasteiger partial charge on any atom is -0.484 e. The smallest absolute Gasteiger partial charge is 0.258 e. The molecule has 0 aliphatic rings. The summed E-state index contributed by atoms with van der Waals surface area (Å²) in [6, 6.07) is 18.6. The molecule has 2 aromatic carbocycles. The van der Waals surface area contributed by atoms with Crippen LogP contribution in [0, 0.1) is 5.82 Å². The average molecular weight is 336 g/mol. The monoisotopic (exact) mass is 336 g/mol. The van der Waals surface area contributed by atoms with E-state index in [0.717, 1.165) is 11.1 Å². The Morgan fingerprint density at radius 1 is 0.960 bits per heavy atom. The lowest BCUT2D eigenvalue weighted by atomic mass is 10.00. The lowest BCUT2D eigenvalue weighted by molar-refractivity contribution is -0.123. The molecule has 0 fully saturated rings. The molecule has 126 valence electrons. The molecule has 1 aromatic heterocycles. The van der Waals surface area contributed by atoms with Gasteiger partial charge in [0, 0.05) is 12.4 Å². The van der Waals surface area contributed by atoms with Gasteiger partial charge in [0.15, 0.2) is 6.61 Å². The van der Waals surface area contributed by atoms with Gasteiger partial charge >= 0.3 is 0 Å². The van der Waals surface area contributed by atoms with Crippen molar-refractivity contribution in [3.8, 4) is 5.75 Å². The SMILES string of the molecule is O=C(COc1ccc(F)cc1)NC(c1ccccc1)c1ccncc1. The zero-order valence-electron chi connectivity index (χ0n) is 13.4. The third-order valence-electron chi connectivity index (χ3n) is 3.66. The van der Waals surface area contributed by atoms with Crippen LogP contribution in [0.2, 0.25) is 0 Å². The van der Waals surface area contributed by atoms with Crippen molar-refractivity contribution in [1.29, 1.82) is 0 Å². The minimum absolute atomic E-state index is 0.153. The van der Waals surface area contributed by atoms with E-state index in [-0.39, 0.29) is 24.4 Å². The van der Waals surface area contributed by atoms with Gasteiger partial charge in [0.25, 0.3) is 5.91 Å². The van der Waals surface area contributed by atoms with Crippen LogP contribution in [-0.2, 0) is 4.79 Å². The number of aromatic nitrogens is 1. The Bertz CT molecular complexity index is 769. The van der Waals surface area contributed by atoms with E-state index in [9.17, 15) is 9.18 Å². The van der Waals surface area contributed by atoms with Gasteiger partial charge in [-0.15, -0.1) is 0 Å². The zero-order valence-corrected chi connectivity index (χ0v) is 13.4. The van der Waals surface area contributed by atoms with Gasteiger partial charge in [0.1, 0.15) is 11.6 Å². The Morgan fingerprint density at radius 3 is 2.28 bits per heavy atom. The Morgan fingerprint density at radius 2 is 1.60 bits per heavy atom. The number of amides is 1. The molecule has 0 radical (unpaired) electrons. The normalized spacial score (nSPS) is 11.6. The highest BCUT2D eigenvalue weighted by atomic mass is 19.1. The topological polar surface area (TPSA) is 51.2 Å². The molecule has 0 aliphatic carbocycles. The number of pyridine rings is 1. The van der Waals surface area contributed by atoms with Crippen LogP contribution in [0.5, 0.6) is 5.75 Å². The third kappa shape index (κ3) is 4.64. The van der Waals surface area contributed by atoms with E-state index in [1.807, 2.05) is 42.5 Å². The van der Waals surface area contributed by atoms with Crippen molar-refractivity contribution in [3.05, 3.63) is 96.1 Å². The largest absolute Gasteiger partial charge is 0.484 e. The first-order chi connectivity index (χ1) is 12.2. The van der Waals surface area contributed by atoms with Crippen molar-refractivity contribution in [2.24, 2.45) is 0 Å². The van der Waals surface area contributed by atoms with E-state index in [0.29, 0.717) is 5.75 Å². The predicted octanol–water partition coefficient (Wildman–Crippen LogP) is 3.51. The molecular formula is C20H17FN2O2. The van der Waals surface area contributed by atoms with Crippen LogP contribution < -0.4 is 10.1 Å². The van der Waals surface area contributed by atoms with Crippen LogP contribution in [0.15, 0.2) is 79.1 Å². The standard InChI is InChI=1S/C20H17FN2O2/c21-17-6-8-18(9-7-17)25-14-19(24)23-20(15-4-2-1-3-5-15)16-10-12-22-13-11-16/h1-13,20H,14H2,(H,23,24). The summed E-state index contributed by atoms with van der Waals surface area (Å²) in [5, 5.41) is 2.97.